The minimum Gasteiger partial charge on any atom is -0.420 e. The SMILES string of the molecule is CCSc1nnc(SCc2nnc(-c3ccc(Br)cc3)o2)s1. The normalized spacial score (nSPS) is 11.0. The van der Waals surface area contributed by atoms with Gasteiger partial charge in [-0.1, -0.05) is 57.7 Å². The van der Waals surface area contributed by atoms with Crippen LogP contribution in [0.3, 0.4) is 0 Å². The lowest BCUT2D eigenvalue weighted by Gasteiger charge is -1.94. The molecule has 0 aliphatic carbocycles. The van der Waals surface area contributed by atoms with Gasteiger partial charge in [-0.15, -0.1) is 20.4 Å². The van der Waals surface area contributed by atoms with Gasteiger partial charge in [-0.2, -0.15) is 0 Å². The number of benzene rings is 1. The van der Waals surface area contributed by atoms with Crippen LogP contribution < -0.4 is 0 Å². The van der Waals surface area contributed by atoms with E-state index in [1.807, 2.05) is 24.3 Å². The van der Waals surface area contributed by atoms with Crippen molar-refractivity contribution >= 4 is 50.8 Å². The molecule has 0 saturated carbocycles. The zero-order chi connectivity index (χ0) is 15.4. The molecule has 9 heteroatoms. The maximum atomic E-state index is 5.68. The highest BCUT2D eigenvalue weighted by atomic mass is 79.9. The van der Waals surface area contributed by atoms with E-state index in [0.29, 0.717) is 17.5 Å². The third kappa shape index (κ3) is 4.09. The van der Waals surface area contributed by atoms with Crippen LogP contribution >= 0.6 is 50.8 Å². The highest BCUT2D eigenvalue weighted by molar-refractivity contribution is 9.10. The molecule has 3 rings (SSSR count). The van der Waals surface area contributed by atoms with E-state index in [1.165, 1.54) is 0 Å². The fourth-order valence-electron chi connectivity index (χ4n) is 1.58. The molecule has 2 heterocycles. The first-order chi connectivity index (χ1) is 10.7. The Morgan fingerprint density at radius 2 is 1.77 bits per heavy atom. The molecule has 0 radical (unpaired) electrons. The van der Waals surface area contributed by atoms with Gasteiger partial charge in [-0.3, -0.25) is 0 Å². The molecule has 0 N–H and O–H groups in total. The van der Waals surface area contributed by atoms with Gasteiger partial charge in [0.2, 0.25) is 11.8 Å². The topological polar surface area (TPSA) is 64.7 Å². The predicted molar refractivity (Wildman–Crippen MR) is 93.3 cm³/mol. The summed E-state index contributed by atoms with van der Waals surface area (Å²) in [5.74, 6) is 2.71. The van der Waals surface area contributed by atoms with Crippen molar-refractivity contribution in [2.24, 2.45) is 0 Å². The van der Waals surface area contributed by atoms with Gasteiger partial charge in [0.25, 0.3) is 0 Å². The first-order valence-electron chi connectivity index (χ1n) is 6.42. The van der Waals surface area contributed by atoms with Crippen LogP contribution in [0.15, 0.2) is 41.8 Å². The highest BCUT2D eigenvalue weighted by Gasteiger charge is 2.11. The van der Waals surface area contributed by atoms with Crippen molar-refractivity contribution in [2.75, 3.05) is 5.75 Å². The molecule has 22 heavy (non-hydrogen) atoms. The lowest BCUT2D eigenvalue weighted by atomic mass is 10.2. The summed E-state index contributed by atoms with van der Waals surface area (Å²) in [6.45, 7) is 2.10. The largest absolute Gasteiger partial charge is 0.420 e. The molecule has 0 amide bonds. The Hall–Kier alpha value is -0.900. The van der Waals surface area contributed by atoms with E-state index in [4.69, 9.17) is 4.42 Å². The van der Waals surface area contributed by atoms with Gasteiger partial charge in [-0.25, -0.2) is 0 Å². The molecule has 0 aliphatic rings. The van der Waals surface area contributed by atoms with Crippen LogP contribution in [0.2, 0.25) is 0 Å². The Labute approximate surface area is 148 Å². The second-order valence-corrected chi connectivity index (χ2v) is 8.69. The Balaban J connectivity index is 1.62. The van der Waals surface area contributed by atoms with Crippen molar-refractivity contribution in [2.45, 2.75) is 21.4 Å². The molecule has 0 fully saturated rings. The number of aromatic nitrogens is 4. The number of hydrogen-bond donors (Lipinski definition) is 0. The molecule has 1 aromatic carbocycles. The summed E-state index contributed by atoms with van der Waals surface area (Å²) in [6.07, 6.45) is 0. The molecule has 0 saturated heterocycles. The van der Waals surface area contributed by atoms with Gasteiger partial charge >= 0.3 is 0 Å². The molecule has 5 nitrogen and oxygen atoms in total. The van der Waals surface area contributed by atoms with Crippen LogP contribution in [0.5, 0.6) is 0 Å². The number of thioether (sulfide) groups is 2. The highest BCUT2D eigenvalue weighted by Crippen LogP contribution is 2.30. The fraction of sp³-hybridized carbons (Fsp3) is 0.231. The molecular formula is C13H11BrN4OS3. The van der Waals surface area contributed by atoms with E-state index in [1.54, 1.807) is 34.9 Å². The van der Waals surface area contributed by atoms with Crippen molar-refractivity contribution in [1.29, 1.82) is 0 Å². The zero-order valence-corrected chi connectivity index (χ0v) is 15.6. The van der Waals surface area contributed by atoms with Crippen molar-refractivity contribution in [3.05, 3.63) is 34.6 Å². The number of halogens is 1. The monoisotopic (exact) mass is 414 g/mol. The maximum Gasteiger partial charge on any atom is 0.247 e. The molecule has 0 atom stereocenters. The van der Waals surface area contributed by atoms with Crippen LogP contribution in [0.1, 0.15) is 12.8 Å². The fourth-order valence-corrected chi connectivity index (χ4v) is 4.60. The van der Waals surface area contributed by atoms with E-state index in [9.17, 15) is 0 Å². The van der Waals surface area contributed by atoms with Crippen molar-refractivity contribution < 1.29 is 4.42 Å². The van der Waals surface area contributed by atoms with Crippen LogP contribution in [0, 0.1) is 0 Å². The van der Waals surface area contributed by atoms with Crippen LogP contribution in [0.4, 0.5) is 0 Å². The maximum absolute atomic E-state index is 5.68. The minimum absolute atomic E-state index is 0.530. The molecular weight excluding hydrogens is 404 g/mol. The standard InChI is InChI=1S/C13H11BrN4OS3/c1-2-20-12-17-18-13(22-12)21-7-10-15-16-11(19-10)8-3-5-9(14)6-4-8/h3-6H,2,7H2,1H3. The minimum atomic E-state index is 0.530. The first kappa shape index (κ1) is 16.0. The van der Waals surface area contributed by atoms with Crippen LogP contribution in [-0.4, -0.2) is 26.1 Å². The van der Waals surface area contributed by atoms with Crippen molar-refractivity contribution in [3.8, 4) is 11.5 Å². The Kier molecular flexibility index (Phi) is 5.51. The Bertz CT molecular complexity index is 744. The van der Waals surface area contributed by atoms with E-state index in [2.05, 4.69) is 43.2 Å². The Morgan fingerprint density at radius 1 is 1.05 bits per heavy atom. The molecule has 0 unspecified atom stereocenters. The molecule has 3 aromatic rings. The van der Waals surface area contributed by atoms with E-state index in [0.717, 1.165) is 24.5 Å². The molecule has 0 spiro atoms. The van der Waals surface area contributed by atoms with Crippen molar-refractivity contribution in [3.63, 3.8) is 0 Å². The summed E-state index contributed by atoms with van der Waals surface area (Å²) in [5, 5.41) is 16.4. The van der Waals surface area contributed by atoms with Gasteiger partial charge in [0.05, 0.1) is 5.75 Å². The quantitative estimate of drug-likeness (QED) is 0.538. The molecule has 114 valence electrons. The molecule has 0 bridgehead atoms. The predicted octanol–water partition coefficient (Wildman–Crippen LogP) is 4.75. The summed E-state index contributed by atoms with van der Waals surface area (Å²) in [7, 11) is 0. The molecule has 2 aromatic heterocycles. The summed E-state index contributed by atoms with van der Waals surface area (Å²) < 4.78 is 8.60. The lowest BCUT2D eigenvalue weighted by molar-refractivity contribution is 0.528. The number of rotatable bonds is 6. The van der Waals surface area contributed by atoms with Gasteiger partial charge in [0, 0.05) is 10.0 Å². The summed E-state index contributed by atoms with van der Waals surface area (Å²) in [4.78, 5) is 0. The van der Waals surface area contributed by atoms with Gasteiger partial charge < -0.3 is 4.42 Å². The van der Waals surface area contributed by atoms with Gasteiger partial charge in [0.15, 0.2) is 8.68 Å². The number of hydrogen-bond acceptors (Lipinski definition) is 8. The number of nitrogens with zero attached hydrogens (tertiary/aromatic N) is 4. The average Bonchev–Trinajstić information content (AvgIpc) is 3.16. The van der Waals surface area contributed by atoms with E-state index >= 15 is 0 Å². The lowest BCUT2D eigenvalue weighted by Crippen LogP contribution is -1.80. The third-order valence-corrected chi connectivity index (χ3v) is 6.12. The summed E-state index contributed by atoms with van der Waals surface area (Å²) in [5.41, 5.74) is 0.907. The average molecular weight is 415 g/mol. The summed E-state index contributed by atoms with van der Waals surface area (Å²) in [6, 6.07) is 7.77. The van der Waals surface area contributed by atoms with Gasteiger partial charge in [-0.05, 0) is 30.0 Å². The van der Waals surface area contributed by atoms with Crippen LogP contribution in [0.25, 0.3) is 11.5 Å². The van der Waals surface area contributed by atoms with E-state index in [-0.39, 0.29) is 0 Å². The first-order valence-corrected chi connectivity index (χ1v) is 10.00. The smallest absolute Gasteiger partial charge is 0.247 e. The van der Waals surface area contributed by atoms with Crippen LogP contribution in [-0.2, 0) is 5.75 Å². The zero-order valence-electron chi connectivity index (χ0n) is 11.5. The second kappa shape index (κ2) is 7.58. The summed E-state index contributed by atoms with van der Waals surface area (Å²) >= 11 is 8.25. The van der Waals surface area contributed by atoms with Crippen molar-refractivity contribution in [1.82, 2.24) is 20.4 Å². The molecule has 0 aliphatic heterocycles. The van der Waals surface area contributed by atoms with Gasteiger partial charge in [0.1, 0.15) is 0 Å². The Morgan fingerprint density at radius 3 is 2.50 bits per heavy atom. The second-order valence-electron chi connectivity index (χ2n) is 4.06. The van der Waals surface area contributed by atoms with E-state index < -0.39 is 0 Å². The third-order valence-electron chi connectivity index (χ3n) is 2.53.